The Morgan fingerprint density at radius 2 is 2.14 bits per heavy atom. The minimum absolute atomic E-state index is 0.425. The topological polar surface area (TPSA) is 75.3 Å². The third kappa shape index (κ3) is 3.95. The zero-order chi connectivity index (χ0) is 16.3. The predicted molar refractivity (Wildman–Crippen MR) is 98.3 cm³/mol. The van der Waals surface area contributed by atoms with Crippen LogP contribution in [-0.2, 0) is 0 Å². The van der Waals surface area contributed by atoms with Crippen LogP contribution in [0.3, 0.4) is 0 Å². The first-order valence-electron chi connectivity index (χ1n) is 7.73. The molecule has 5 nitrogen and oxygen atoms in total. The first-order chi connectivity index (χ1) is 10.4. The van der Waals surface area contributed by atoms with E-state index < -0.39 is 0 Å². The lowest BCUT2D eigenvalue weighted by Crippen LogP contribution is -2.46. The number of aryl methyl sites for hydroxylation is 1. The van der Waals surface area contributed by atoms with E-state index in [0.29, 0.717) is 22.1 Å². The van der Waals surface area contributed by atoms with Gasteiger partial charge in [-0.15, -0.1) is 0 Å². The quantitative estimate of drug-likeness (QED) is 0.448. The zero-order valence-corrected chi connectivity index (χ0v) is 15.3. The molecule has 0 spiro atoms. The summed E-state index contributed by atoms with van der Waals surface area (Å²) in [5.41, 5.74) is 11.5. The number of rotatable bonds is 3. The highest BCUT2D eigenvalue weighted by Gasteiger charge is 2.27. The molecule has 1 fully saturated rings. The van der Waals surface area contributed by atoms with Crippen LogP contribution in [0.2, 0.25) is 0 Å². The molecule has 0 aliphatic heterocycles. The summed E-state index contributed by atoms with van der Waals surface area (Å²) in [6.45, 7) is 8.45. The van der Waals surface area contributed by atoms with Crippen LogP contribution >= 0.6 is 23.8 Å². The monoisotopic (exact) mass is 339 g/mol. The van der Waals surface area contributed by atoms with E-state index >= 15 is 0 Å². The molecule has 7 heteroatoms. The number of thiocarbonyl (C=S) groups is 1. The van der Waals surface area contributed by atoms with Crippen molar-refractivity contribution in [2.24, 2.45) is 16.9 Å². The predicted octanol–water partition coefficient (Wildman–Crippen LogP) is 3.05. The molecule has 0 amide bonds. The van der Waals surface area contributed by atoms with Crippen molar-refractivity contribution in [3.05, 3.63) is 11.3 Å². The number of anilines is 1. The summed E-state index contributed by atoms with van der Waals surface area (Å²) in [7, 11) is 0. The maximum absolute atomic E-state index is 5.93. The third-order valence-corrected chi connectivity index (χ3v) is 5.57. The molecular formula is C15H25N5S2. The normalized spacial score (nSPS) is 25.8. The van der Waals surface area contributed by atoms with Crippen LogP contribution in [-0.4, -0.2) is 21.2 Å². The number of aromatic nitrogens is 1. The Morgan fingerprint density at radius 3 is 2.77 bits per heavy atom. The van der Waals surface area contributed by atoms with Gasteiger partial charge in [-0.3, -0.25) is 5.43 Å². The molecule has 4 N–H and O–H groups in total. The highest BCUT2D eigenvalue weighted by molar-refractivity contribution is 7.80. The van der Waals surface area contributed by atoms with Gasteiger partial charge in [0.25, 0.3) is 0 Å². The lowest BCUT2D eigenvalue weighted by molar-refractivity contribution is 0.224. The maximum Gasteiger partial charge on any atom is 0.187 e. The Balaban J connectivity index is 1.93. The highest BCUT2D eigenvalue weighted by atomic mass is 32.1. The summed E-state index contributed by atoms with van der Waals surface area (Å²) in [6, 6.07) is 0.425. The van der Waals surface area contributed by atoms with Gasteiger partial charge in [-0.05, 0) is 55.9 Å². The van der Waals surface area contributed by atoms with Gasteiger partial charge in [-0.25, -0.2) is 0 Å². The minimum atomic E-state index is 0.425. The number of hydrazone groups is 1. The fourth-order valence-corrected chi connectivity index (χ4v) is 3.91. The standard InChI is InChI=1S/C15H25N5S2/c1-8-6-5-7-12(9(8)2)17-15(21)19-18-10(3)13-11(4)20-22-14(13)16/h8-9,12H,5-7,16H2,1-4H3,(H2,17,19,21)/b18-10-/t8-,9-,12+/m0/s1. The van der Waals surface area contributed by atoms with Crippen LogP contribution in [0.1, 0.15) is 51.3 Å². The molecule has 0 unspecified atom stereocenters. The van der Waals surface area contributed by atoms with Gasteiger partial charge in [0.05, 0.1) is 17.0 Å². The first kappa shape index (κ1) is 17.1. The number of nitrogen functional groups attached to an aromatic ring is 1. The Hall–Kier alpha value is -1.21. The van der Waals surface area contributed by atoms with Crippen LogP contribution in [0.25, 0.3) is 0 Å². The second-order valence-corrected chi connectivity index (χ2v) is 7.38. The molecule has 0 aromatic carbocycles. The molecule has 1 heterocycles. The minimum Gasteiger partial charge on any atom is -0.389 e. The van der Waals surface area contributed by atoms with E-state index in [9.17, 15) is 0 Å². The molecule has 0 saturated heterocycles. The van der Waals surface area contributed by atoms with Crippen LogP contribution in [0.5, 0.6) is 0 Å². The Bertz CT molecular complexity index is 547. The second kappa shape index (κ2) is 7.37. The fraction of sp³-hybridized carbons (Fsp3) is 0.667. The van der Waals surface area contributed by atoms with Gasteiger partial charge in [-0.1, -0.05) is 26.7 Å². The van der Waals surface area contributed by atoms with Gasteiger partial charge < -0.3 is 11.1 Å². The van der Waals surface area contributed by atoms with Gasteiger partial charge in [-0.2, -0.15) is 9.47 Å². The van der Waals surface area contributed by atoms with Gasteiger partial charge in [0.1, 0.15) is 5.00 Å². The van der Waals surface area contributed by atoms with Crippen molar-refractivity contribution in [1.82, 2.24) is 15.1 Å². The first-order valence-corrected chi connectivity index (χ1v) is 8.91. The van der Waals surface area contributed by atoms with Crippen molar-refractivity contribution in [2.45, 2.75) is 53.0 Å². The van der Waals surface area contributed by atoms with Crippen LogP contribution in [0, 0.1) is 18.8 Å². The number of nitrogens with one attached hydrogen (secondary N) is 2. The van der Waals surface area contributed by atoms with E-state index in [1.807, 2.05) is 13.8 Å². The van der Waals surface area contributed by atoms with E-state index in [0.717, 1.165) is 29.3 Å². The molecule has 0 bridgehead atoms. The number of hydrogen-bond acceptors (Lipinski definition) is 5. The van der Waals surface area contributed by atoms with Gasteiger partial charge >= 0.3 is 0 Å². The Labute approximate surface area is 141 Å². The highest BCUT2D eigenvalue weighted by Crippen LogP contribution is 2.29. The molecule has 0 radical (unpaired) electrons. The third-order valence-electron chi connectivity index (χ3n) is 4.60. The van der Waals surface area contributed by atoms with Crippen molar-refractivity contribution in [3.63, 3.8) is 0 Å². The SMILES string of the molecule is C/C(=N/NC(=S)N[C@@H]1CCC[C@H](C)[C@@H]1C)c1c(C)nsc1N. The van der Waals surface area contributed by atoms with Crippen molar-refractivity contribution in [2.75, 3.05) is 5.73 Å². The van der Waals surface area contributed by atoms with Crippen molar-refractivity contribution < 1.29 is 0 Å². The lowest BCUT2D eigenvalue weighted by atomic mass is 9.78. The molecule has 122 valence electrons. The number of hydrogen-bond donors (Lipinski definition) is 3. The molecule has 2 rings (SSSR count). The van der Waals surface area contributed by atoms with Crippen molar-refractivity contribution in [1.29, 1.82) is 0 Å². The van der Waals surface area contributed by atoms with E-state index in [-0.39, 0.29) is 0 Å². The maximum atomic E-state index is 5.93. The van der Waals surface area contributed by atoms with E-state index in [2.05, 4.69) is 34.1 Å². The molecule has 1 aliphatic carbocycles. The second-order valence-electron chi connectivity index (χ2n) is 6.16. The summed E-state index contributed by atoms with van der Waals surface area (Å²) >= 11 is 6.66. The summed E-state index contributed by atoms with van der Waals surface area (Å²) in [5.74, 6) is 1.36. The van der Waals surface area contributed by atoms with Gasteiger partial charge in [0.15, 0.2) is 5.11 Å². The smallest absolute Gasteiger partial charge is 0.187 e. The molecule has 3 atom stereocenters. The van der Waals surface area contributed by atoms with Crippen LogP contribution in [0.15, 0.2) is 5.10 Å². The fourth-order valence-electron chi connectivity index (χ4n) is 3.00. The number of nitrogens with two attached hydrogens (primary N) is 1. The molecule has 1 aromatic rings. The molecule has 1 saturated carbocycles. The van der Waals surface area contributed by atoms with Gasteiger partial charge in [0.2, 0.25) is 0 Å². The van der Waals surface area contributed by atoms with E-state index in [1.165, 1.54) is 24.4 Å². The average Bonchev–Trinajstić information content (AvgIpc) is 2.81. The Morgan fingerprint density at radius 1 is 1.41 bits per heavy atom. The molecular weight excluding hydrogens is 314 g/mol. The molecule has 1 aliphatic rings. The summed E-state index contributed by atoms with van der Waals surface area (Å²) in [6.07, 6.45) is 3.72. The van der Waals surface area contributed by atoms with Gasteiger partial charge in [0, 0.05) is 6.04 Å². The van der Waals surface area contributed by atoms with Crippen LogP contribution < -0.4 is 16.5 Å². The molecule has 1 aromatic heterocycles. The molecule has 22 heavy (non-hydrogen) atoms. The average molecular weight is 340 g/mol. The summed E-state index contributed by atoms with van der Waals surface area (Å²) in [4.78, 5) is 0. The van der Waals surface area contributed by atoms with Crippen molar-refractivity contribution >= 4 is 39.6 Å². The zero-order valence-electron chi connectivity index (χ0n) is 13.6. The van der Waals surface area contributed by atoms with E-state index in [1.54, 1.807) is 0 Å². The lowest BCUT2D eigenvalue weighted by Gasteiger charge is -2.35. The van der Waals surface area contributed by atoms with E-state index in [4.69, 9.17) is 18.0 Å². The van der Waals surface area contributed by atoms with Crippen LogP contribution in [0.4, 0.5) is 5.00 Å². The summed E-state index contributed by atoms with van der Waals surface area (Å²) in [5, 5.41) is 9.01. The largest absolute Gasteiger partial charge is 0.389 e. The van der Waals surface area contributed by atoms with Crippen molar-refractivity contribution in [3.8, 4) is 0 Å². The number of nitrogens with zero attached hydrogens (tertiary/aromatic N) is 2. The Kier molecular flexibility index (Phi) is 5.74. The summed E-state index contributed by atoms with van der Waals surface area (Å²) < 4.78 is 4.24.